The first kappa shape index (κ1) is 24.4. The van der Waals surface area contributed by atoms with Gasteiger partial charge in [-0.3, -0.25) is 0 Å². The Kier molecular flexibility index (Phi) is 10.4. The number of para-hydroxylation sites is 1. The molecule has 1 saturated heterocycles. The van der Waals surface area contributed by atoms with Crippen molar-refractivity contribution >= 4 is 29.9 Å². The van der Waals surface area contributed by atoms with Crippen molar-refractivity contribution in [2.24, 2.45) is 4.99 Å². The molecule has 1 fully saturated rings. The van der Waals surface area contributed by atoms with Crippen molar-refractivity contribution in [1.29, 1.82) is 0 Å². The largest absolute Gasteiger partial charge is 0.490 e. The zero-order valence-corrected chi connectivity index (χ0v) is 20.0. The topological polar surface area (TPSA) is 46.1 Å². The highest BCUT2D eigenvalue weighted by molar-refractivity contribution is 14.0. The number of rotatable bonds is 7. The van der Waals surface area contributed by atoms with Gasteiger partial charge in [0.25, 0.3) is 0 Å². The minimum atomic E-state index is -0.244. The molecule has 1 aliphatic rings. The molecule has 1 N–H and O–H groups in total. The summed E-state index contributed by atoms with van der Waals surface area (Å²) in [5, 5.41) is 3.37. The molecule has 0 radical (unpaired) electrons. The molecule has 0 aliphatic carbocycles. The van der Waals surface area contributed by atoms with Crippen LogP contribution in [0.25, 0.3) is 0 Å². The van der Waals surface area contributed by atoms with E-state index in [1.165, 1.54) is 6.07 Å². The standard InChI is InChI=1S/C23H30FN3O2.HI/c1-3-25-23(26-16-18-9-10-22(24)19(15-18)17-28-2)27-13-11-21(12-14-27)29-20-7-5-4-6-8-20;/h4-10,15,21H,3,11-14,16-17H2,1-2H3,(H,25,26);1H. The van der Waals surface area contributed by atoms with Crippen LogP contribution < -0.4 is 10.1 Å². The van der Waals surface area contributed by atoms with Crippen molar-refractivity contribution in [3.05, 3.63) is 65.5 Å². The van der Waals surface area contributed by atoms with Crippen molar-refractivity contribution in [1.82, 2.24) is 10.2 Å². The Hall–Kier alpha value is -1.87. The van der Waals surface area contributed by atoms with Gasteiger partial charge in [-0.05, 0) is 36.8 Å². The molecule has 0 saturated carbocycles. The van der Waals surface area contributed by atoms with Crippen LogP contribution in [-0.2, 0) is 17.9 Å². The molecule has 7 heteroatoms. The van der Waals surface area contributed by atoms with Gasteiger partial charge in [0.1, 0.15) is 17.7 Å². The molecule has 3 rings (SSSR count). The third-order valence-corrected chi connectivity index (χ3v) is 4.94. The van der Waals surface area contributed by atoms with E-state index in [-0.39, 0.29) is 42.5 Å². The predicted molar refractivity (Wildman–Crippen MR) is 129 cm³/mol. The van der Waals surface area contributed by atoms with E-state index in [1.807, 2.05) is 36.4 Å². The van der Waals surface area contributed by atoms with Gasteiger partial charge in [0.2, 0.25) is 0 Å². The number of piperidine rings is 1. The summed E-state index contributed by atoms with van der Waals surface area (Å²) in [6.45, 7) is 5.41. The van der Waals surface area contributed by atoms with Crippen molar-refractivity contribution in [3.63, 3.8) is 0 Å². The Labute approximate surface area is 195 Å². The molecule has 2 aromatic carbocycles. The van der Waals surface area contributed by atoms with E-state index < -0.39 is 0 Å². The number of nitrogens with one attached hydrogen (secondary N) is 1. The summed E-state index contributed by atoms with van der Waals surface area (Å²) in [5.74, 6) is 1.57. The second kappa shape index (κ2) is 12.7. The molecular weight excluding hydrogens is 496 g/mol. The third kappa shape index (κ3) is 7.12. The number of benzene rings is 2. The van der Waals surface area contributed by atoms with E-state index in [0.717, 1.165) is 49.7 Å². The molecule has 164 valence electrons. The fraction of sp³-hybridized carbons (Fsp3) is 0.435. The van der Waals surface area contributed by atoms with E-state index in [4.69, 9.17) is 14.5 Å². The Morgan fingerprint density at radius 3 is 2.57 bits per heavy atom. The lowest BCUT2D eigenvalue weighted by Gasteiger charge is -2.34. The smallest absolute Gasteiger partial charge is 0.194 e. The van der Waals surface area contributed by atoms with Gasteiger partial charge in [0.05, 0.1) is 13.2 Å². The van der Waals surface area contributed by atoms with Crippen molar-refractivity contribution in [2.45, 2.75) is 39.0 Å². The number of likely N-dealkylation sites (tertiary alicyclic amines) is 1. The van der Waals surface area contributed by atoms with Crippen LogP contribution in [-0.4, -0.2) is 43.7 Å². The van der Waals surface area contributed by atoms with E-state index in [2.05, 4.69) is 17.1 Å². The number of ether oxygens (including phenoxy) is 2. The van der Waals surface area contributed by atoms with Crippen LogP contribution in [0, 0.1) is 5.82 Å². The number of hydrogen-bond donors (Lipinski definition) is 1. The van der Waals surface area contributed by atoms with Gasteiger partial charge in [0, 0.05) is 45.1 Å². The summed E-state index contributed by atoms with van der Waals surface area (Å²) >= 11 is 0. The van der Waals surface area contributed by atoms with Crippen molar-refractivity contribution < 1.29 is 13.9 Å². The van der Waals surface area contributed by atoms with Crippen LogP contribution in [0.15, 0.2) is 53.5 Å². The van der Waals surface area contributed by atoms with Crippen LogP contribution in [0.3, 0.4) is 0 Å². The summed E-state index contributed by atoms with van der Waals surface area (Å²) in [6.07, 6.45) is 2.13. The van der Waals surface area contributed by atoms with Crippen LogP contribution >= 0.6 is 24.0 Å². The van der Waals surface area contributed by atoms with Gasteiger partial charge in [-0.1, -0.05) is 24.3 Å². The minimum Gasteiger partial charge on any atom is -0.490 e. The minimum absolute atomic E-state index is 0. The SMILES string of the molecule is CCNC(=NCc1ccc(F)c(COC)c1)N1CCC(Oc2ccccc2)CC1.I. The summed E-state index contributed by atoms with van der Waals surface area (Å²) < 4.78 is 25.0. The highest BCUT2D eigenvalue weighted by Crippen LogP contribution is 2.19. The number of methoxy groups -OCH3 is 1. The number of aliphatic imine (C=N–C) groups is 1. The maximum absolute atomic E-state index is 13.8. The lowest BCUT2D eigenvalue weighted by atomic mass is 10.1. The lowest BCUT2D eigenvalue weighted by molar-refractivity contribution is 0.129. The number of hydrogen-bond acceptors (Lipinski definition) is 3. The Morgan fingerprint density at radius 1 is 1.17 bits per heavy atom. The molecule has 1 heterocycles. The summed E-state index contributed by atoms with van der Waals surface area (Å²) in [5.41, 5.74) is 1.53. The van der Waals surface area contributed by atoms with Gasteiger partial charge in [-0.2, -0.15) is 0 Å². The van der Waals surface area contributed by atoms with Crippen molar-refractivity contribution in [2.75, 3.05) is 26.7 Å². The molecule has 1 aliphatic heterocycles. The normalized spacial score (nSPS) is 14.9. The van der Waals surface area contributed by atoms with Crippen LogP contribution in [0.1, 0.15) is 30.9 Å². The molecule has 0 unspecified atom stereocenters. The number of nitrogens with zero attached hydrogens (tertiary/aromatic N) is 2. The fourth-order valence-corrected chi connectivity index (χ4v) is 3.46. The van der Waals surface area contributed by atoms with Gasteiger partial charge < -0.3 is 19.7 Å². The maximum Gasteiger partial charge on any atom is 0.194 e. The first-order chi connectivity index (χ1) is 14.2. The average Bonchev–Trinajstić information content (AvgIpc) is 2.75. The van der Waals surface area contributed by atoms with Gasteiger partial charge in [-0.25, -0.2) is 9.38 Å². The molecule has 0 amide bonds. The van der Waals surface area contributed by atoms with E-state index in [1.54, 1.807) is 13.2 Å². The second-order valence-corrected chi connectivity index (χ2v) is 7.15. The van der Waals surface area contributed by atoms with Crippen LogP contribution in [0.5, 0.6) is 5.75 Å². The molecule has 5 nitrogen and oxygen atoms in total. The predicted octanol–water partition coefficient (Wildman–Crippen LogP) is 4.60. The van der Waals surface area contributed by atoms with Crippen LogP contribution in [0.2, 0.25) is 0 Å². The first-order valence-corrected chi connectivity index (χ1v) is 10.2. The highest BCUT2D eigenvalue weighted by Gasteiger charge is 2.22. The molecule has 0 aromatic heterocycles. The summed E-state index contributed by atoms with van der Waals surface area (Å²) in [6, 6.07) is 15.1. The monoisotopic (exact) mass is 527 g/mol. The number of guanidine groups is 1. The molecule has 0 bridgehead atoms. The zero-order chi connectivity index (χ0) is 20.5. The molecular formula is C23H31FIN3O2. The second-order valence-electron chi connectivity index (χ2n) is 7.15. The van der Waals surface area contributed by atoms with Gasteiger partial charge in [-0.15, -0.1) is 24.0 Å². The molecule has 2 aromatic rings. The van der Waals surface area contributed by atoms with Crippen LogP contribution in [0.4, 0.5) is 4.39 Å². The maximum atomic E-state index is 13.8. The van der Waals surface area contributed by atoms with Gasteiger partial charge in [0.15, 0.2) is 5.96 Å². The highest BCUT2D eigenvalue weighted by atomic mass is 127. The summed E-state index contributed by atoms with van der Waals surface area (Å²) in [4.78, 5) is 7.05. The van der Waals surface area contributed by atoms with E-state index in [9.17, 15) is 4.39 Å². The Balaban J connectivity index is 0.00000320. The van der Waals surface area contributed by atoms with Gasteiger partial charge >= 0.3 is 0 Å². The zero-order valence-electron chi connectivity index (χ0n) is 17.6. The quantitative estimate of drug-likeness (QED) is 0.325. The molecule has 0 spiro atoms. The average molecular weight is 527 g/mol. The number of halogens is 2. The van der Waals surface area contributed by atoms with E-state index >= 15 is 0 Å². The van der Waals surface area contributed by atoms with Crippen molar-refractivity contribution in [3.8, 4) is 5.75 Å². The first-order valence-electron chi connectivity index (χ1n) is 10.2. The molecule has 0 atom stereocenters. The fourth-order valence-electron chi connectivity index (χ4n) is 3.46. The Morgan fingerprint density at radius 2 is 1.90 bits per heavy atom. The summed E-state index contributed by atoms with van der Waals surface area (Å²) in [7, 11) is 1.57. The third-order valence-electron chi connectivity index (χ3n) is 4.94. The molecule has 30 heavy (non-hydrogen) atoms. The Bertz CT molecular complexity index is 796. The lowest BCUT2D eigenvalue weighted by Crippen LogP contribution is -2.47. The van der Waals surface area contributed by atoms with E-state index in [0.29, 0.717) is 12.1 Å².